The van der Waals surface area contributed by atoms with E-state index >= 15 is 0 Å². The summed E-state index contributed by atoms with van der Waals surface area (Å²) in [6.45, 7) is 3.49. The number of fused-ring (bicyclic) bond motifs is 1. The van der Waals surface area contributed by atoms with Gasteiger partial charge in [0.1, 0.15) is 11.5 Å². The highest BCUT2D eigenvalue weighted by molar-refractivity contribution is 7.80. The summed E-state index contributed by atoms with van der Waals surface area (Å²) in [6.07, 6.45) is 3.06. The Morgan fingerprint density at radius 3 is 2.56 bits per heavy atom. The predicted molar refractivity (Wildman–Crippen MR) is 155 cm³/mol. The molecule has 1 atom stereocenters. The maximum absolute atomic E-state index is 13.5. The number of benzene rings is 3. The minimum atomic E-state index is -0.285. The molecule has 0 bridgehead atoms. The third-order valence-corrected chi connectivity index (χ3v) is 7.77. The first-order valence-electron chi connectivity index (χ1n) is 13.4. The molecular formula is C31H31FN4O2S. The third kappa shape index (κ3) is 5.82. The molecule has 39 heavy (non-hydrogen) atoms. The lowest BCUT2D eigenvalue weighted by Crippen LogP contribution is -2.40. The molecule has 8 heteroatoms. The molecule has 1 fully saturated rings. The zero-order valence-corrected chi connectivity index (χ0v) is 22.5. The van der Waals surface area contributed by atoms with Gasteiger partial charge in [0.25, 0.3) is 0 Å². The molecule has 6 nitrogen and oxygen atoms in total. The highest BCUT2D eigenvalue weighted by Gasteiger charge is 2.29. The Bertz CT molecular complexity index is 1420. The number of hydrogen-bond acceptors (Lipinski definition) is 5. The minimum absolute atomic E-state index is 0.0864. The molecule has 0 amide bonds. The highest BCUT2D eigenvalue weighted by Crippen LogP contribution is 2.35. The largest absolute Gasteiger partial charge is 0.376 e. The Kier molecular flexibility index (Phi) is 7.56. The van der Waals surface area contributed by atoms with Gasteiger partial charge in [-0.2, -0.15) is 0 Å². The molecule has 6 rings (SSSR count). The van der Waals surface area contributed by atoms with Crippen LogP contribution in [0.5, 0.6) is 0 Å². The van der Waals surface area contributed by atoms with Crippen molar-refractivity contribution in [3.05, 3.63) is 101 Å². The topological polar surface area (TPSA) is 53.8 Å². The maximum atomic E-state index is 13.5. The van der Waals surface area contributed by atoms with Crippen molar-refractivity contribution in [1.82, 2.24) is 10.1 Å². The third-order valence-electron chi connectivity index (χ3n) is 7.41. The van der Waals surface area contributed by atoms with Crippen LogP contribution in [0.2, 0.25) is 0 Å². The standard InChI is InChI=1S/C31H31FN4O2S/c32-25-12-14-26(15-13-25)33-31(39)36(20-27-11-6-18-37-27)21-28-29(23-8-2-1-3-9-23)34-38-30(28)35-17-16-22-7-4-5-10-24(22)19-35/h1-5,7-10,12-15,27H,6,11,16-21H2,(H,33,39)/t27-/m0/s1. The van der Waals surface area contributed by atoms with Gasteiger partial charge in [0.05, 0.1) is 18.2 Å². The van der Waals surface area contributed by atoms with Gasteiger partial charge in [-0.05, 0) is 66.9 Å². The number of anilines is 2. The zero-order chi connectivity index (χ0) is 26.6. The van der Waals surface area contributed by atoms with Crippen LogP contribution in [0.1, 0.15) is 29.5 Å². The summed E-state index contributed by atoms with van der Waals surface area (Å²) >= 11 is 5.91. The van der Waals surface area contributed by atoms with Crippen molar-refractivity contribution in [2.75, 3.05) is 29.9 Å². The van der Waals surface area contributed by atoms with E-state index in [4.69, 9.17) is 21.5 Å². The van der Waals surface area contributed by atoms with Crippen LogP contribution in [0.4, 0.5) is 16.0 Å². The second kappa shape index (κ2) is 11.6. The lowest BCUT2D eigenvalue weighted by molar-refractivity contribution is 0.0905. The van der Waals surface area contributed by atoms with Crippen molar-refractivity contribution in [2.24, 2.45) is 0 Å². The van der Waals surface area contributed by atoms with E-state index in [9.17, 15) is 4.39 Å². The predicted octanol–water partition coefficient (Wildman–Crippen LogP) is 6.42. The summed E-state index contributed by atoms with van der Waals surface area (Å²) in [4.78, 5) is 4.40. The molecule has 0 saturated carbocycles. The van der Waals surface area contributed by atoms with Crippen molar-refractivity contribution in [3.8, 4) is 11.3 Å². The van der Waals surface area contributed by atoms with Crippen molar-refractivity contribution in [3.63, 3.8) is 0 Å². The fraction of sp³-hybridized carbons (Fsp3) is 0.290. The fourth-order valence-corrected chi connectivity index (χ4v) is 5.62. The molecule has 0 unspecified atom stereocenters. The number of halogens is 1. The van der Waals surface area contributed by atoms with Crippen LogP contribution in [0.3, 0.4) is 0 Å². The first-order chi connectivity index (χ1) is 19.1. The smallest absolute Gasteiger partial charge is 0.233 e. The molecule has 3 heterocycles. The lowest BCUT2D eigenvalue weighted by atomic mass is 9.99. The van der Waals surface area contributed by atoms with E-state index in [1.807, 2.05) is 18.2 Å². The fourth-order valence-electron chi connectivity index (χ4n) is 5.36. The summed E-state index contributed by atoms with van der Waals surface area (Å²) in [5.74, 6) is 0.484. The van der Waals surface area contributed by atoms with Crippen molar-refractivity contribution in [1.29, 1.82) is 0 Å². The first-order valence-corrected chi connectivity index (χ1v) is 13.8. The molecular weight excluding hydrogens is 511 g/mol. The van der Waals surface area contributed by atoms with Crippen LogP contribution in [-0.4, -0.2) is 41.0 Å². The Balaban J connectivity index is 1.34. The highest BCUT2D eigenvalue weighted by atomic mass is 32.1. The number of thiocarbonyl (C=S) groups is 1. The average molecular weight is 543 g/mol. The molecule has 2 aliphatic heterocycles. The lowest BCUT2D eigenvalue weighted by Gasteiger charge is -2.31. The quantitative estimate of drug-likeness (QED) is 0.271. The summed E-state index contributed by atoms with van der Waals surface area (Å²) in [6, 6.07) is 24.9. The molecule has 0 spiro atoms. The Hall–Kier alpha value is -3.75. The van der Waals surface area contributed by atoms with Crippen molar-refractivity contribution in [2.45, 2.75) is 38.5 Å². The number of nitrogens with zero attached hydrogens (tertiary/aromatic N) is 3. The molecule has 3 aromatic carbocycles. The number of nitrogens with one attached hydrogen (secondary N) is 1. The van der Waals surface area contributed by atoms with Gasteiger partial charge in [0.15, 0.2) is 5.11 Å². The molecule has 1 saturated heterocycles. The van der Waals surface area contributed by atoms with Crippen LogP contribution in [0, 0.1) is 5.82 Å². The van der Waals surface area contributed by atoms with Crippen LogP contribution in [0.15, 0.2) is 83.4 Å². The van der Waals surface area contributed by atoms with E-state index < -0.39 is 0 Å². The molecule has 2 aliphatic rings. The number of rotatable bonds is 7. The van der Waals surface area contributed by atoms with Gasteiger partial charge in [0, 0.05) is 37.5 Å². The molecule has 0 radical (unpaired) electrons. The normalized spacial score (nSPS) is 16.6. The van der Waals surface area contributed by atoms with Crippen LogP contribution in [-0.2, 0) is 24.2 Å². The summed E-state index contributed by atoms with van der Waals surface area (Å²) in [5.41, 5.74) is 6.21. The van der Waals surface area contributed by atoms with Crippen molar-refractivity contribution < 1.29 is 13.7 Å². The Morgan fingerprint density at radius 1 is 1.03 bits per heavy atom. The van der Waals surface area contributed by atoms with Crippen LogP contribution in [0.25, 0.3) is 11.3 Å². The van der Waals surface area contributed by atoms with Gasteiger partial charge in [-0.15, -0.1) is 0 Å². The number of ether oxygens (including phenoxy) is 1. The van der Waals surface area contributed by atoms with E-state index in [0.29, 0.717) is 18.2 Å². The van der Waals surface area contributed by atoms with Gasteiger partial charge < -0.3 is 24.4 Å². The second-order valence-electron chi connectivity index (χ2n) is 10.1. The van der Waals surface area contributed by atoms with Crippen molar-refractivity contribution >= 4 is 28.9 Å². The summed E-state index contributed by atoms with van der Waals surface area (Å²) in [7, 11) is 0. The average Bonchev–Trinajstić information content (AvgIpc) is 3.64. The SMILES string of the molecule is Fc1ccc(NC(=S)N(Cc2c(-c3ccccc3)noc2N2CCc3ccccc3C2)C[C@@H]2CCCO2)cc1. The van der Waals surface area contributed by atoms with Gasteiger partial charge in [0.2, 0.25) is 5.88 Å². The van der Waals surface area contributed by atoms with Crippen LogP contribution >= 0.6 is 12.2 Å². The summed E-state index contributed by atoms with van der Waals surface area (Å²) in [5, 5.41) is 8.42. The van der Waals surface area contributed by atoms with E-state index in [2.05, 4.69) is 56.7 Å². The number of hydrogen-bond donors (Lipinski definition) is 1. The molecule has 200 valence electrons. The molecule has 0 aliphatic carbocycles. The van der Waals surface area contributed by atoms with E-state index in [1.165, 1.54) is 23.3 Å². The zero-order valence-electron chi connectivity index (χ0n) is 21.7. The molecule has 1 aromatic heterocycles. The van der Waals surface area contributed by atoms with Gasteiger partial charge in [-0.1, -0.05) is 59.8 Å². The van der Waals surface area contributed by atoms with Crippen LogP contribution < -0.4 is 10.2 Å². The minimum Gasteiger partial charge on any atom is -0.376 e. The van der Waals surface area contributed by atoms with E-state index in [-0.39, 0.29) is 11.9 Å². The van der Waals surface area contributed by atoms with Gasteiger partial charge >= 0.3 is 0 Å². The first kappa shape index (κ1) is 25.5. The number of aromatic nitrogens is 1. The maximum Gasteiger partial charge on any atom is 0.233 e. The van der Waals surface area contributed by atoms with E-state index in [1.54, 1.807) is 12.1 Å². The second-order valence-corrected chi connectivity index (χ2v) is 10.5. The Morgan fingerprint density at radius 2 is 1.79 bits per heavy atom. The van der Waals surface area contributed by atoms with Gasteiger partial charge in [-0.25, -0.2) is 4.39 Å². The van der Waals surface area contributed by atoms with Gasteiger partial charge in [-0.3, -0.25) is 0 Å². The Labute approximate surface area is 233 Å². The molecule has 4 aromatic rings. The monoisotopic (exact) mass is 542 g/mol. The molecule has 1 N–H and O–H groups in total. The van der Waals surface area contributed by atoms with E-state index in [0.717, 1.165) is 67.4 Å². The summed E-state index contributed by atoms with van der Waals surface area (Å²) < 4.78 is 25.6.